The lowest BCUT2D eigenvalue weighted by Crippen LogP contribution is -2.33. The summed E-state index contributed by atoms with van der Waals surface area (Å²) in [4.78, 5) is 0. The standard InChI is InChI=1S/C50H98O7/c1-9-17-23-25-27-29-31-33-35-37-39-45(53-41-19-11-3)47(55-43-21-13-5)49(51-15-7)57-50(52-16-8)48(56-44-22-14-6)46(54-42-20-12-4)40-38-36-34-32-30-28-26-24-18-10-2/h49-50H,9-44H2,1-8H3. The normalized spacial score (nSPS) is 13.6. The molecule has 0 aromatic carbocycles. The molecular formula is C50H98O7. The molecule has 0 aromatic rings. The second kappa shape index (κ2) is 44.1. The number of hydrogen-bond acceptors (Lipinski definition) is 7. The number of hydrogen-bond donors (Lipinski definition) is 0. The summed E-state index contributed by atoms with van der Waals surface area (Å²) >= 11 is 0. The largest absolute Gasteiger partial charge is 0.494 e. The van der Waals surface area contributed by atoms with Gasteiger partial charge in [0.2, 0.25) is 12.6 Å². The van der Waals surface area contributed by atoms with Crippen molar-refractivity contribution in [1.29, 1.82) is 0 Å². The van der Waals surface area contributed by atoms with Crippen molar-refractivity contribution in [3.05, 3.63) is 23.0 Å². The van der Waals surface area contributed by atoms with Crippen LogP contribution in [-0.2, 0) is 33.2 Å². The molecule has 7 heteroatoms. The summed E-state index contributed by atoms with van der Waals surface area (Å²) in [6, 6.07) is 0. The van der Waals surface area contributed by atoms with Gasteiger partial charge in [0.25, 0.3) is 0 Å². The van der Waals surface area contributed by atoms with Gasteiger partial charge in [0.1, 0.15) is 11.5 Å². The smallest absolute Gasteiger partial charge is 0.223 e. The molecule has 7 nitrogen and oxygen atoms in total. The first-order valence-corrected chi connectivity index (χ1v) is 24.9. The Kier molecular flexibility index (Phi) is 43.0. The van der Waals surface area contributed by atoms with Gasteiger partial charge >= 0.3 is 0 Å². The minimum Gasteiger partial charge on any atom is -0.494 e. The zero-order chi connectivity index (χ0) is 41.9. The molecule has 2 atom stereocenters. The molecule has 0 heterocycles. The van der Waals surface area contributed by atoms with Crippen LogP contribution in [0.25, 0.3) is 0 Å². The van der Waals surface area contributed by atoms with Gasteiger partial charge in [-0.2, -0.15) is 0 Å². The topological polar surface area (TPSA) is 64.6 Å². The molecule has 0 saturated heterocycles. The highest BCUT2D eigenvalue weighted by molar-refractivity contribution is 5.09. The second-order valence-electron chi connectivity index (χ2n) is 16.0. The lowest BCUT2D eigenvalue weighted by Gasteiger charge is -2.30. The van der Waals surface area contributed by atoms with E-state index in [1.807, 2.05) is 13.8 Å². The van der Waals surface area contributed by atoms with Crippen molar-refractivity contribution in [2.45, 2.75) is 261 Å². The van der Waals surface area contributed by atoms with E-state index in [1.54, 1.807) is 0 Å². The SMILES string of the molecule is CCCCCCCCCCCCC(OCCCC)=C(OCCCC)C(OCC)OC(OCC)C(OCCCC)=C(CCCCCCCCCCCC)OCCCC. The van der Waals surface area contributed by atoms with Gasteiger partial charge in [-0.05, 0) is 52.4 Å². The van der Waals surface area contributed by atoms with Crippen molar-refractivity contribution in [2.24, 2.45) is 0 Å². The number of allylic oxidation sites excluding steroid dienone is 2. The highest BCUT2D eigenvalue weighted by Crippen LogP contribution is 2.29. The van der Waals surface area contributed by atoms with Gasteiger partial charge in [-0.1, -0.05) is 183 Å². The minimum absolute atomic E-state index is 0.457. The molecular weight excluding hydrogens is 713 g/mol. The van der Waals surface area contributed by atoms with Crippen LogP contribution in [0.5, 0.6) is 0 Å². The Morgan fingerprint density at radius 1 is 0.298 bits per heavy atom. The summed E-state index contributed by atoms with van der Waals surface area (Å²) in [7, 11) is 0. The summed E-state index contributed by atoms with van der Waals surface area (Å²) in [6.45, 7) is 20.7. The summed E-state index contributed by atoms with van der Waals surface area (Å²) in [5, 5.41) is 0. The van der Waals surface area contributed by atoms with Crippen LogP contribution in [0.1, 0.15) is 248 Å². The number of ether oxygens (including phenoxy) is 7. The quantitative estimate of drug-likeness (QED) is 0.0345. The van der Waals surface area contributed by atoms with Gasteiger partial charge in [-0.15, -0.1) is 0 Å². The van der Waals surface area contributed by atoms with Gasteiger partial charge < -0.3 is 33.2 Å². The molecule has 0 spiro atoms. The second-order valence-corrected chi connectivity index (χ2v) is 16.0. The van der Waals surface area contributed by atoms with Gasteiger partial charge in [-0.25, -0.2) is 0 Å². The van der Waals surface area contributed by atoms with E-state index in [1.165, 1.54) is 116 Å². The van der Waals surface area contributed by atoms with Gasteiger partial charge in [-0.3, -0.25) is 0 Å². The Labute approximate surface area is 355 Å². The van der Waals surface area contributed by atoms with E-state index in [9.17, 15) is 0 Å². The van der Waals surface area contributed by atoms with Crippen LogP contribution in [0.15, 0.2) is 23.0 Å². The third-order valence-electron chi connectivity index (χ3n) is 10.4. The predicted molar refractivity (Wildman–Crippen MR) is 242 cm³/mol. The molecule has 0 rings (SSSR count). The van der Waals surface area contributed by atoms with Crippen LogP contribution in [0.4, 0.5) is 0 Å². The average molecular weight is 811 g/mol. The minimum atomic E-state index is -0.804. The zero-order valence-corrected chi connectivity index (χ0v) is 39.5. The van der Waals surface area contributed by atoms with E-state index in [0.717, 1.165) is 88.6 Å². The molecule has 0 aromatic heterocycles. The Balaban J connectivity index is 6.43. The molecule has 0 N–H and O–H groups in total. The molecule has 0 aliphatic rings. The Bertz CT molecular complexity index is 818. The van der Waals surface area contributed by atoms with Crippen molar-refractivity contribution in [1.82, 2.24) is 0 Å². The molecule has 0 amide bonds. The molecule has 57 heavy (non-hydrogen) atoms. The fourth-order valence-electron chi connectivity index (χ4n) is 6.74. The summed E-state index contributed by atoms with van der Waals surface area (Å²) in [5.41, 5.74) is 0. The molecule has 0 bridgehead atoms. The average Bonchev–Trinajstić information content (AvgIpc) is 3.21. The first kappa shape index (κ1) is 55.6. The van der Waals surface area contributed by atoms with E-state index in [0.29, 0.717) is 51.2 Å². The van der Waals surface area contributed by atoms with E-state index < -0.39 is 12.6 Å². The molecule has 0 saturated carbocycles. The Hall–Kier alpha value is -1.44. The van der Waals surface area contributed by atoms with Crippen molar-refractivity contribution in [2.75, 3.05) is 39.6 Å². The maximum Gasteiger partial charge on any atom is 0.223 e. The van der Waals surface area contributed by atoms with Crippen LogP contribution in [0.3, 0.4) is 0 Å². The van der Waals surface area contributed by atoms with Crippen LogP contribution in [0, 0.1) is 0 Å². The summed E-state index contributed by atoms with van der Waals surface area (Å²) < 4.78 is 46.2. The number of unbranched alkanes of at least 4 members (excludes halogenated alkanes) is 22. The molecule has 0 aliphatic heterocycles. The monoisotopic (exact) mass is 811 g/mol. The summed E-state index contributed by atoms with van der Waals surface area (Å²) in [6.07, 6.45) is 33.9. The first-order valence-electron chi connectivity index (χ1n) is 24.9. The fraction of sp³-hybridized carbons (Fsp3) is 0.920. The highest BCUT2D eigenvalue weighted by atomic mass is 16.8. The van der Waals surface area contributed by atoms with Crippen LogP contribution < -0.4 is 0 Å². The van der Waals surface area contributed by atoms with E-state index >= 15 is 0 Å². The lowest BCUT2D eigenvalue weighted by molar-refractivity contribution is -0.240. The van der Waals surface area contributed by atoms with Crippen molar-refractivity contribution < 1.29 is 33.2 Å². The van der Waals surface area contributed by atoms with Crippen LogP contribution >= 0.6 is 0 Å². The maximum atomic E-state index is 6.92. The van der Waals surface area contributed by atoms with E-state index in [2.05, 4.69) is 41.5 Å². The van der Waals surface area contributed by atoms with Crippen molar-refractivity contribution >= 4 is 0 Å². The van der Waals surface area contributed by atoms with Gasteiger partial charge in [0.15, 0.2) is 11.5 Å². The molecule has 2 unspecified atom stereocenters. The van der Waals surface area contributed by atoms with E-state index in [4.69, 9.17) is 33.2 Å². The molecule has 0 radical (unpaired) electrons. The van der Waals surface area contributed by atoms with Crippen LogP contribution in [-0.4, -0.2) is 52.2 Å². The predicted octanol–water partition coefficient (Wildman–Crippen LogP) is 16.0. The third-order valence-corrected chi connectivity index (χ3v) is 10.4. The van der Waals surface area contributed by atoms with Crippen molar-refractivity contribution in [3.8, 4) is 0 Å². The zero-order valence-electron chi connectivity index (χ0n) is 39.5. The Morgan fingerprint density at radius 2 is 0.561 bits per heavy atom. The van der Waals surface area contributed by atoms with Gasteiger partial charge in [0, 0.05) is 26.1 Å². The fourth-order valence-corrected chi connectivity index (χ4v) is 6.74. The maximum absolute atomic E-state index is 6.92. The first-order chi connectivity index (χ1) is 28.1. The van der Waals surface area contributed by atoms with E-state index in [-0.39, 0.29) is 0 Å². The third kappa shape index (κ3) is 32.1. The molecule has 0 fully saturated rings. The van der Waals surface area contributed by atoms with Crippen molar-refractivity contribution in [3.63, 3.8) is 0 Å². The molecule has 340 valence electrons. The van der Waals surface area contributed by atoms with Gasteiger partial charge in [0.05, 0.1) is 26.4 Å². The lowest BCUT2D eigenvalue weighted by atomic mass is 10.1. The van der Waals surface area contributed by atoms with Crippen LogP contribution in [0.2, 0.25) is 0 Å². The summed E-state index contributed by atoms with van der Waals surface area (Å²) in [5.74, 6) is 3.02. The highest BCUT2D eigenvalue weighted by Gasteiger charge is 2.32. The molecule has 0 aliphatic carbocycles. The Morgan fingerprint density at radius 3 is 0.842 bits per heavy atom. The number of rotatable bonds is 46.